The maximum atomic E-state index is 12.3. The number of anilines is 1. The van der Waals surface area contributed by atoms with Gasteiger partial charge in [-0.3, -0.25) is 14.6 Å². The number of benzene rings is 2. The Kier molecular flexibility index (Phi) is 8.24. The third-order valence-corrected chi connectivity index (χ3v) is 4.90. The van der Waals surface area contributed by atoms with Crippen molar-refractivity contribution in [3.05, 3.63) is 60.3 Å². The van der Waals surface area contributed by atoms with Gasteiger partial charge in [0.1, 0.15) is 0 Å². The highest BCUT2D eigenvalue weighted by atomic mass is 16.5. The van der Waals surface area contributed by atoms with Gasteiger partial charge in [-0.15, -0.1) is 0 Å². The standard InChI is InChI=1S/C25H27N3O5/c1-31-20-15-17(16-21(32-2)25(20)33-3)11-12-22(29)26-13-6-10-23(30)28-19-9-4-7-18-8-5-14-27-24(18)19/h4-5,7-9,11-12,14-16H,6,10,13H2,1-3H3,(H,26,29)(H,28,30). The predicted molar refractivity (Wildman–Crippen MR) is 128 cm³/mol. The molecule has 3 aromatic rings. The van der Waals surface area contributed by atoms with Crippen LogP contribution in [0.4, 0.5) is 5.69 Å². The number of rotatable bonds is 10. The van der Waals surface area contributed by atoms with E-state index < -0.39 is 0 Å². The molecular weight excluding hydrogens is 422 g/mol. The van der Waals surface area contributed by atoms with Crippen LogP contribution in [0, 0.1) is 0 Å². The zero-order valence-electron chi connectivity index (χ0n) is 18.9. The highest BCUT2D eigenvalue weighted by molar-refractivity contribution is 6.00. The topological polar surface area (TPSA) is 98.8 Å². The Morgan fingerprint density at radius 1 is 1.00 bits per heavy atom. The van der Waals surface area contributed by atoms with Crippen LogP contribution in [-0.2, 0) is 9.59 Å². The van der Waals surface area contributed by atoms with Gasteiger partial charge < -0.3 is 24.8 Å². The lowest BCUT2D eigenvalue weighted by atomic mass is 10.1. The second-order valence-electron chi connectivity index (χ2n) is 7.12. The van der Waals surface area contributed by atoms with Gasteiger partial charge in [-0.25, -0.2) is 0 Å². The summed E-state index contributed by atoms with van der Waals surface area (Å²) in [6.07, 6.45) is 5.55. The van der Waals surface area contributed by atoms with Gasteiger partial charge in [-0.1, -0.05) is 18.2 Å². The molecule has 0 aliphatic carbocycles. The lowest BCUT2D eigenvalue weighted by Crippen LogP contribution is -2.23. The van der Waals surface area contributed by atoms with Crippen molar-refractivity contribution in [2.45, 2.75) is 12.8 Å². The monoisotopic (exact) mass is 449 g/mol. The van der Waals surface area contributed by atoms with Gasteiger partial charge >= 0.3 is 0 Å². The van der Waals surface area contributed by atoms with E-state index in [2.05, 4.69) is 15.6 Å². The molecule has 2 N–H and O–H groups in total. The molecule has 33 heavy (non-hydrogen) atoms. The van der Waals surface area contributed by atoms with Gasteiger partial charge in [-0.2, -0.15) is 0 Å². The van der Waals surface area contributed by atoms with Crippen LogP contribution in [0.25, 0.3) is 17.0 Å². The Hall–Kier alpha value is -4.07. The molecule has 0 atom stereocenters. The molecule has 0 fully saturated rings. The molecule has 1 aromatic heterocycles. The highest BCUT2D eigenvalue weighted by Crippen LogP contribution is 2.38. The van der Waals surface area contributed by atoms with E-state index in [4.69, 9.17) is 14.2 Å². The summed E-state index contributed by atoms with van der Waals surface area (Å²) in [5, 5.41) is 6.62. The average Bonchev–Trinajstić information content (AvgIpc) is 2.84. The summed E-state index contributed by atoms with van der Waals surface area (Å²) in [4.78, 5) is 28.8. The van der Waals surface area contributed by atoms with E-state index in [0.717, 1.165) is 16.5 Å². The second kappa shape index (κ2) is 11.5. The second-order valence-corrected chi connectivity index (χ2v) is 7.12. The van der Waals surface area contributed by atoms with Crippen molar-refractivity contribution < 1.29 is 23.8 Å². The van der Waals surface area contributed by atoms with E-state index in [1.807, 2.05) is 30.3 Å². The Balaban J connectivity index is 1.48. The van der Waals surface area contributed by atoms with Crippen LogP contribution < -0.4 is 24.8 Å². The van der Waals surface area contributed by atoms with Crippen molar-refractivity contribution in [3.63, 3.8) is 0 Å². The number of hydrogen-bond acceptors (Lipinski definition) is 6. The summed E-state index contributed by atoms with van der Waals surface area (Å²) in [7, 11) is 4.59. The van der Waals surface area contributed by atoms with Gasteiger partial charge in [0, 0.05) is 30.6 Å². The molecule has 172 valence electrons. The van der Waals surface area contributed by atoms with E-state index in [9.17, 15) is 9.59 Å². The minimum atomic E-state index is -0.262. The molecule has 8 heteroatoms. The molecule has 0 bridgehead atoms. The van der Waals surface area contributed by atoms with Gasteiger partial charge in [0.2, 0.25) is 17.6 Å². The lowest BCUT2D eigenvalue weighted by Gasteiger charge is -2.12. The summed E-state index contributed by atoms with van der Waals surface area (Å²) < 4.78 is 15.9. The van der Waals surface area contributed by atoms with Crippen LogP contribution in [0.15, 0.2) is 54.7 Å². The van der Waals surface area contributed by atoms with Crippen molar-refractivity contribution in [1.29, 1.82) is 0 Å². The summed E-state index contributed by atoms with van der Waals surface area (Å²) in [5.74, 6) is 1.10. The van der Waals surface area contributed by atoms with Gasteiger partial charge in [0.25, 0.3) is 0 Å². The number of para-hydroxylation sites is 1. The van der Waals surface area contributed by atoms with Gasteiger partial charge in [-0.05, 0) is 42.3 Å². The van der Waals surface area contributed by atoms with E-state index in [1.54, 1.807) is 24.4 Å². The molecule has 0 saturated carbocycles. The molecule has 0 radical (unpaired) electrons. The number of hydrogen-bond donors (Lipinski definition) is 2. The molecule has 0 unspecified atom stereocenters. The summed E-state index contributed by atoms with van der Waals surface area (Å²) >= 11 is 0. The normalized spacial score (nSPS) is 10.8. The smallest absolute Gasteiger partial charge is 0.243 e. The van der Waals surface area contributed by atoms with Gasteiger partial charge in [0.05, 0.1) is 32.5 Å². The molecule has 2 amide bonds. The zero-order chi connectivity index (χ0) is 23.6. The largest absolute Gasteiger partial charge is 0.493 e. The van der Waals surface area contributed by atoms with Crippen molar-refractivity contribution in [2.75, 3.05) is 33.2 Å². The predicted octanol–water partition coefficient (Wildman–Crippen LogP) is 3.81. The first-order valence-electron chi connectivity index (χ1n) is 10.4. The first kappa shape index (κ1) is 23.6. The Morgan fingerprint density at radius 2 is 1.73 bits per heavy atom. The number of ether oxygens (including phenoxy) is 3. The van der Waals surface area contributed by atoms with Crippen molar-refractivity contribution in [1.82, 2.24) is 10.3 Å². The maximum Gasteiger partial charge on any atom is 0.243 e. The Bertz CT molecular complexity index is 1130. The number of carbonyl (C=O) groups excluding carboxylic acids is 2. The molecule has 3 rings (SSSR count). The van der Waals surface area contributed by atoms with Gasteiger partial charge in [0.15, 0.2) is 11.5 Å². The fraction of sp³-hybridized carbons (Fsp3) is 0.240. The maximum absolute atomic E-state index is 12.3. The number of aromatic nitrogens is 1. The summed E-state index contributed by atoms with van der Waals surface area (Å²) in [6, 6.07) is 12.9. The average molecular weight is 450 g/mol. The fourth-order valence-corrected chi connectivity index (χ4v) is 3.31. The number of methoxy groups -OCH3 is 3. The molecular formula is C25H27N3O5. The Labute approximate surface area is 192 Å². The quantitative estimate of drug-likeness (QED) is 0.361. The van der Waals surface area contributed by atoms with Crippen LogP contribution in [0.5, 0.6) is 17.2 Å². The summed E-state index contributed by atoms with van der Waals surface area (Å²) in [5.41, 5.74) is 2.15. The first-order valence-corrected chi connectivity index (χ1v) is 10.4. The lowest BCUT2D eigenvalue weighted by molar-refractivity contribution is -0.118. The molecule has 0 aliphatic heterocycles. The van der Waals surface area contributed by atoms with E-state index in [1.165, 1.54) is 27.4 Å². The molecule has 0 saturated heterocycles. The van der Waals surface area contributed by atoms with Crippen molar-refractivity contribution in [2.24, 2.45) is 0 Å². The van der Waals surface area contributed by atoms with E-state index in [0.29, 0.717) is 35.9 Å². The third kappa shape index (κ3) is 6.22. The molecule has 2 aromatic carbocycles. The molecule has 0 spiro atoms. The number of nitrogens with one attached hydrogen (secondary N) is 2. The SMILES string of the molecule is COc1cc(C=CC(=O)NCCCC(=O)Nc2cccc3cccnc23)cc(OC)c1OC. The fourth-order valence-electron chi connectivity index (χ4n) is 3.31. The number of nitrogens with zero attached hydrogens (tertiary/aromatic N) is 1. The van der Waals surface area contributed by atoms with Crippen LogP contribution in [-0.4, -0.2) is 44.7 Å². The molecule has 1 heterocycles. The number of fused-ring (bicyclic) bond motifs is 1. The Morgan fingerprint density at radius 3 is 2.42 bits per heavy atom. The zero-order valence-corrected chi connectivity index (χ0v) is 18.9. The van der Waals surface area contributed by atoms with Crippen LogP contribution in [0.2, 0.25) is 0 Å². The number of pyridine rings is 1. The minimum absolute atomic E-state index is 0.129. The first-order chi connectivity index (χ1) is 16.0. The van der Waals surface area contributed by atoms with Crippen LogP contribution in [0.3, 0.4) is 0 Å². The summed E-state index contributed by atoms with van der Waals surface area (Å²) in [6.45, 7) is 0.375. The molecule has 0 aliphatic rings. The number of carbonyl (C=O) groups is 2. The van der Waals surface area contributed by atoms with Crippen molar-refractivity contribution >= 4 is 34.5 Å². The van der Waals surface area contributed by atoms with E-state index in [-0.39, 0.29) is 18.2 Å². The van der Waals surface area contributed by atoms with Crippen LogP contribution in [0.1, 0.15) is 18.4 Å². The van der Waals surface area contributed by atoms with Crippen molar-refractivity contribution in [3.8, 4) is 17.2 Å². The molecule has 8 nitrogen and oxygen atoms in total. The third-order valence-electron chi connectivity index (χ3n) is 4.90. The minimum Gasteiger partial charge on any atom is -0.493 e. The van der Waals surface area contributed by atoms with E-state index >= 15 is 0 Å². The highest BCUT2D eigenvalue weighted by Gasteiger charge is 2.12. The number of amides is 2. The van der Waals surface area contributed by atoms with Crippen LogP contribution >= 0.6 is 0 Å².